The molecule has 0 saturated carbocycles. The van der Waals surface area contributed by atoms with Gasteiger partial charge in [0, 0.05) is 40.5 Å². The van der Waals surface area contributed by atoms with E-state index in [1.54, 1.807) is 25.3 Å². The summed E-state index contributed by atoms with van der Waals surface area (Å²) in [6.45, 7) is 6.53. The summed E-state index contributed by atoms with van der Waals surface area (Å²) in [5, 5.41) is 2.34. The molecule has 0 N–H and O–H groups in total. The van der Waals surface area contributed by atoms with Crippen LogP contribution >= 0.6 is 22.9 Å². The largest absolute Gasteiger partial charge is 0.307 e. The third-order valence-corrected chi connectivity index (χ3v) is 6.03. The zero-order valence-corrected chi connectivity index (χ0v) is 18.6. The number of fused-ring (bicyclic) bond motifs is 1. The van der Waals surface area contributed by atoms with Crippen molar-refractivity contribution in [1.82, 2.24) is 9.47 Å². The van der Waals surface area contributed by atoms with Crippen LogP contribution in [0, 0.1) is 0 Å². The van der Waals surface area contributed by atoms with E-state index in [9.17, 15) is 18.4 Å². The predicted octanol–water partition coefficient (Wildman–Crippen LogP) is 5.10. The highest BCUT2D eigenvalue weighted by molar-refractivity contribution is 7.17. The summed E-state index contributed by atoms with van der Waals surface area (Å²) in [6, 6.07) is 0. The number of aldehydes is 1. The van der Waals surface area contributed by atoms with Gasteiger partial charge in [-0.05, 0) is 32.0 Å². The lowest BCUT2D eigenvalue weighted by Crippen LogP contribution is -2.21. The summed E-state index contributed by atoms with van der Waals surface area (Å²) in [6.07, 6.45) is 7.07. The Morgan fingerprint density at radius 3 is 2.63 bits per heavy atom. The van der Waals surface area contributed by atoms with Crippen LogP contribution in [0.4, 0.5) is 8.78 Å². The Kier molecular flexibility index (Phi) is 9.14. The van der Waals surface area contributed by atoms with Crippen molar-refractivity contribution in [2.24, 2.45) is 0 Å². The summed E-state index contributed by atoms with van der Waals surface area (Å²) >= 11 is 7.38. The van der Waals surface area contributed by atoms with Gasteiger partial charge < -0.3 is 14.3 Å². The van der Waals surface area contributed by atoms with Crippen LogP contribution in [0.15, 0.2) is 47.0 Å². The van der Waals surface area contributed by atoms with E-state index in [4.69, 9.17) is 11.6 Å². The number of halogens is 3. The molecule has 0 aromatic carbocycles. The number of aromatic nitrogens is 1. The van der Waals surface area contributed by atoms with Crippen LogP contribution in [-0.4, -0.2) is 42.1 Å². The summed E-state index contributed by atoms with van der Waals surface area (Å²) in [7, 11) is 1.94. The van der Waals surface area contributed by atoms with Gasteiger partial charge in [0.25, 0.3) is 5.56 Å². The molecule has 0 radical (unpaired) electrons. The van der Waals surface area contributed by atoms with Gasteiger partial charge in [-0.3, -0.25) is 4.79 Å². The average molecular weight is 455 g/mol. The molecule has 0 bridgehead atoms. The van der Waals surface area contributed by atoms with Gasteiger partial charge in [0.1, 0.15) is 18.3 Å². The fourth-order valence-electron chi connectivity index (χ4n) is 3.18. The van der Waals surface area contributed by atoms with E-state index in [-0.39, 0.29) is 18.0 Å². The zero-order chi connectivity index (χ0) is 22.3. The third-order valence-electron chi connectivity index (χ3n) is 4.68. The highest BCUT2D eigenvalue weighted by Gasteiger charge is 2.17. The molecule has 1 atom stereocenters. The van der Waals surface area contributed by atoms with Gasteiger partial charge in [-0.15, -0.1) is 22.9 Å². The molecule has 3 rings (SSSR count). The number of hydrogen-bond acceptors (Lipinski definition) is 4. The van der Waals surface area contributed by atoms with Gasteiger partial charge in [0.05, 0.1) is 17.8 Å². The molecule has 1 unspecified atom stereocenters. The number of hydrogen-bond donors (Lipinski definition) is 0. The second-order valence-corrected chi connectivity index (χ2v) is 8.08. The summed E-state index contributed by atoms with van der Waals surface area (Å²) < 4.78 is 27.1. The fourth-order valence-corrected chi connectivity index (χ4v) is 4.54. The molecule has 0 aliphatic carbocycles. The molecule has 1 saturated heterocycles. The highest BCUT2D eigenvalue weighted by Crippen LogP contribution is 2.32. The molecule has 1 fully saturated rings. The minimum Gasteiger partial charge on any atom is -0.307 e. The molecule has 8 heteroatoms. The van der Waals surface area contributed by atoms with E-state index in [0.29, 0.717) is 29.4 Å². The van der Waals surface area contributed by atoms with Gasteiger partial charge >= 0.3 is 0 Å². The second kappa shape index (κ2) is 11.3. The molecule has 4 nitrogen and oxygen atoms in total. The van der Waals surface area contributed by atoms with Gasteiger partial charge in [-0.2, -0.15) is 0 Å². The first-order valence-electron chi connectivity index (χ1n) is 9.47. The third kappa shape index (κ3) is 5.97. The van der Waals surface area contributed by atoms with Crippen molar-refractivity contribution >= 4 is 44.9 Å². The molecule has 2 aromatic heterocycles. The lowest BCUT2D eigenvalue weighted by atomic mass is 10.0. The number of allylic oxidation sites excluding steroid dienone is 5. The van der Waals surface area contributed by atoms with Gasteiger partial charge in [0.2, 0.25) is 0 Å². The van der Waals surface area contributed by atoms with E-state index < -0.39 is 12.0 Å². The van der Waals surface area contributed by atoms with Gasteiger partial charge in [0.15, 0.2) is 0 Å². The molecule has 0 spiro atoms. The van der Waals surface area contributed by atoms with Crippen LogP contribution in [0.3, 0.4) is 0 Å². The summed E-state index contributed by atoms with van der Waals surface area (Å²) in [4.78, 5) is 25.4. The monoisotopic (exact) mass is 454 g/mol. The number of carbonyl (C=O) groups excluding carboxylic acids is 1. The standard InChI is InChI=1S/C17H15ClFNO2S.C5H10FN/c1-3-12(5-4-11(2)19)14-10-23-16-13(8-18)9-20(6-7-21)17(22)15(14)16;1-7-3-2-5(6)4-7/h3-5,7,9-10H,2,6,8H2,1H3;5H,2-4H2,1H3/b5-4-,12-3+;. The van der Waals surface area contributed by atoms with Crippen molar-refractivity contribution < 1.29 is 13.6 Å². The van der Waals surface area contributed by atoms with E-state index in [2.05, 4.69) is 6.58 Å². The normalized spacial score (nSPS) is 17.4. The van der Waals surface area contributed by atoms with Crippen LogP contribution < -0.4 is 5.56 Å². The van der Waals surface area contributed by atoms with Gasteiger partial charge in [-0.1, -0.05) is 18.7 Å². The number of carbonyl (C=O) groups is 1. The van der Waals surface area contributed by atoms with Crippen LogP contribution in [0.1, 0.15) is 24.5 Å². The molecule has 162 valence electrons. The molecule has 1 aliphatic heterocycles. The maximum absolute atomic E-state index is 12.9. The zero-order valence-electron chi connectivity index (χ0n) is 17.0. The average Bonchev–Trinajstić information content (AvgIpc) is 3.31. The second-order valence-electron chi connectivity index (χ2n) is 6.94. The highest BCUT2D eigenvalue weighted by atomic mass is 35.5. The van der Waals surface area contributed by atoms with Crippen LogP contribution in [0.5, 0.6) is 0 Å². The SMILES string of the molecule is C=C(F)/C=C\C(=C/C)c1csc2c(CCl)cn(CC=O)c(=O)c12.CN1CCC(F)C1. The van der Waals surface area contributed by atoms with E-state index >= 15 is 0 Å². The maximum atomic E-state index is 12.9. The van der Waals surface area contributed by atoms with Crippen molar-refractivity contribution in [3.8, 4) is 0 Å². The van der Waals surface area contributed by atoms with Crippen LogP contribution in [0.25, 0.3) is 15.7 Å². The van der Waals surface area contributed by atoms with Crippen molar-refractivity contribution in [3.05, 3.63) is 63.7 Å². The molecule has 1 aliphatic rings. The van der Waals surface area contributed by atoms with E-state index in [0.717, 1.165) is 23.2 Å². The summed E-state index contributed by atoms with van der Waals surface area (Å²) in [5.74, 6) is -0.332. The number of nitrogens with zero attached hydrogens (tertiary/aromatic N) is 2. The van der Waals surface area contributed by atoms with Gasteiger partial charge in [-0.25, -0.2) is 8.78 Å². The Morgan fingerprint density at radius 1 is 1.43 bits per heavy atom. The van der Waals surface area contributed by atoms with Crippen LogP contribution in [0.2, 0.25) is 0 Å². The molecule has 30 heavy (non-hydrogen) atoms. The Bertz CT molecular complexity index is 1020. The number of thiophene rings is 1. The van der Waals surface area contributed by atoms with Crippen molar-refractivity contribution in [1.29, 1.82) is 0 Å². The van der Waals surface area contributed by atoms with E-state index in [1.165, 1.54) is 22.0 Å². The molecule has 3 heterocycles. The number of likely N-dealkylation sites (tertiary alicyclic amines) is 1. The molecular weight excluding hydrogens is 430 g/mol. The quantitative estimate of drug-likeness (QED) is 0.346. The van der Waals surface area contributed by atoms with Crippen molar-refractivity contribution in [3.63, 3.8) is 0 Å². The molecule has 2 aromatic rings. The number of rotatable bonds is 6. The van der Waals surface area contributed by atoms with Crippen LogP contribution in [-0.2, 0) is 17.2 Å². The number of pyridine rings is 1. The Balaban J connectivity index is 0.000000386. The molecule has 0 amide bonds. The smallest absolute Gasteiger partial charge is 0.260 e. The predicted molar refractivity (Wildman–Crippen MR) is 122 cm³/mol. The lowest BCUT2D eigenvalue weighted by Gasteiger charge is -2.07. The minimum atomic E-state index is -0.566. The topological polar surface area (TPSA) is 42.3 Å². The van der Waals surface area contributed by atoms with E-state index in [1.807, 2.05) is 17.3 Å². The minimum absolute atomic E-state index is 0.0315. The lowest BCUT2D eigenvalue weighted by molar-refractivity contribution is -0.108. The Labute approximate surface area is 183 Å². The first-order chi connectivity index (χ1) is 14.3. The summed E-state index contributed by atoms with van der Waals surface area (Å²) in [5.41, 5.74) is 1.93. The van der Waals surface area contributed by atoms with Crippen molar-refractivity contribution in [2.75, 3.05) is 20.1 Å². The maximum Gasteiger partial charge on any atom is 0.260 e. The Hall–Kier alpha value is -2.09. The Morgan fingerprint density at radius 2 is 2.17 bits per heavy atom. The molecular formula is C22H25ClF2N2O2S. The van der Waals surface area contributed by atoms with Crippen molar-refractivity contribution in [2.45, 2.75) is 31.9 Å². The fraction of sp³-hybridized carbons (Fsp3) is 0.364. The first kappa shape index (κ1) is 24.2. The number of alkyl halides is 2. The first-order valence-corrected chi connectivity index (χ1v) is 10.9.